The van der Waals surface area contributed by atoms with Gasteiger partial charge < -0.3 is 19.1 Å². The Morgan fingerprint density at radius 3 is 1.91 bits per heavy atom. The van der Waals surface area contributed by atoms with Crippen LogP contribution in [0.2, 0.25) is 0 Å². The topological polar surface area (TPSA) is 116 Å². The fourth-order valence-electron chi connectivity index (χ4n) is 3.63. The van der Waals surface area contributed by atoms with Crippen LogP contribution >= 0.6 is 0 Å². The largest absolute Gasteiger partial charge is 0.870 e. The molecule has 0 aromatic carbocycles. The van der Waals surface area contributed by atoms with Crippen molar-refractivity contribution < 1.29 is 38.2 Å². The van der Waals surface area contributed by atoms with Crippen LogP contribution in [0.25, 0.3) is 0 Å². The minimum absolute atomic E-state index is 0.152. The Morgan fingerprint density at radius 2 is 1.43 bits per heavy atom. The summed E-state index contributed by atoms with van der Waals surface area (Å²) in [7, 11) is -1.80. The molecule has 0 aromatic rings. The number of aliphatic carboxylic acids is 1. The van der Waals surface area contributed by atoms with Gasteiger partial charge in [-0.05, 0) is 25.7 Å². The second kappa shape index (κ2) is 5.54. The molecule has 1 saturated heterocycles. The third kappa shape index (κ3) is 2.38. The first-order chi connectivity index (χ1) is 10.9. The van der Waals surface area contributed by atoms with Gasteiger partial charge in [0.15, 0.2) is 10.8 Å². The SMILES string of the molecule is O=C(O)C1(C(=O)OB2OC(=O)C3(CCCC3)C(=O)O2)CCCC1. The van der Waals surface area contributed by atoms with Crippen LogP contribution in [0.4, 0.5) is 0 Å². The fraction of sp³-hybridized carbons (Fsp3) is 0.714. The average Bonchev–Trinajstić information content (AvgIpc) is 3.16. The summed E-state index contributed by atoms with van der Waals surface area (Å²) in [6.07, 6.45) is 3.63. The lowest BCUT2D eigenvalue weighted by atomic mass is 9.83. The van der Waals surface area contributed by atoms with Crippen LogP contribution in [0.3, 0.4) is 0 Å². The van der Waals surface area contributed by atoms with E-state index in [1.807, 2.05) is 0 Å². The van der Waals surface area contributed by atoms with Crippen molar-refractivity contribution in [2.75, 3.05) is 0 Å². The second-order valence-corrected chi connectivity index (χ2v) is 6.39. The van der Waals surface area contributed by atoms with Crippen molar-refractivity contribution in [1.82, 2.24) is 0 Å². The highest BCUT2D eigenvalue weighted by molar-refractivity contribution is 6.47. The molecule has 2 saturated carbocycles. The van der Waals surface area contributed by atoms with E-state index in [9.17, 15) is 24.3 Å². The molecule has 3 rings (SSSR count). The highest BCUT2D eigenvalue weighted by Crippen LogP contribution is 2.44. The first-order valence-electron chi connectivity index (χ1n) is 7.77. The smallest absolute Gasteiger partial charge is 0.480 e. The van der Waals surface area contributed by atoms with E-state index in [4.69, 9.17) is 14.0 Å². The second-order valence-electron chi connectivity index (χ2n) is 6.39. The Labute approximate surface area is 132 Å². The predicted molar refractivity (Wildman–Crippen MR) is 73.5 cm³/mol. The molecule has 1 N–H and O–H groups in total. The van der Waals surface area contributed by atoms with E-state index in [1.165, 1.54) is 0 Å². The minimum Gasteiger partial charge on any atom is -0.480 e. The average molecular weight is 324 g/mol. The van der Waals surface area contributed by atoms with Crippen molar-refractivity contribution >= 4 is 31.2 Å². The molecular formula is C14H17BO8. The van der Waals surface area contributed by atoms with Crippen molar-refractivity contribution in [3.05, 3.63) is 0 Å². The fourth-order valence-corrected chi connectivity index (χ4v) is 3.63. The first kappa shape index (κ1) is 15.8. The Hall–Kier alpha value is -2.06. The van der Waals surface area contributed by atoms with Gasteiger partial charge in [-0.25, -0.2) is 0 Å². The van der Waals surface area contributed by atoms with Crippen molar-refractivity contribution in [2.45, 2.75) is 51.4 Å². The maximum absolute atomic E-state index is 12.2. The summed E-state index contributed by atoms with van der Waals surface area (Å²) in [5.74, 6) is -3.84. The molecule has 0 unspecified atom stereocenters. The lowest BCUT2D eigenvalue weighted by Gasteiger charge is -2.32. The number of carbonyl (C=O) groups is 4. The third-order valence-electron chi connectivity index (χ3n) is 5.11. The molecular weight excluding hydrogens is 307 g/mol. The van der Waals surface area contributed by atoms with Crippen LogP contribution in [-0.2, 0) is 33.1 Å². The van der Waals surface area contributed by atoms with Crippen molar-refractivity contribution in [1.29, 1.82) is 0 Å². The standard InChI is InChI=1S/C14H17BO8/c16-9(17)13(5-1-2-6-13)10(18)21-15-22-11(19)14(12(20)23-15)7-3-4-8-14/h1-8H2,(H,16,17). The molecule has 2 aliphatic carbocycles. The molecule has 8 nitrogen and oxygen atoms in total. The Kier molecular flexibility index (Phi) is 3.81. The lowest BCUT2D eigenvalue weighted by Crippen LogP contribution is -2.53. The van der Waals surface area contributed by atoms with E-state index in [-0.39, 0.29) is 12.8 Å². The zero-order valence-corrected chi connectivity index (χ0v) is 12.5. The van der Waals surface area contributed by atoms with Gasteiger partial charge in [0, 0.05) is 0 Å². The van der Waals surface area contributed by atoms with Gasteiger partial charge in [-0.2, -0.15) is 0 Å². The highest BCUT2D eigenvalue weighted by atomic mass is 16.8. The van der Waals surface area contributed by atoms with Crippen LogP contribution in [0.5, 0.6) is 0 Å². The molecule has 3 aliphatic rings. The number of carboxylic acids is 1. The molecule has 0 atom stereocenters. The Morgan fingerprint density at radius 1 is 0.957 bits per heavy atom. The third-order valence-corrected chi connectivity index (χ3v) is 5.11. The molecule has 1 spiro atoms. The van der Waals surface area contributed by atoms with Gasteiger partial charge in [0.1, 0.15) is 0 Å². The summed E-state index contributed by atoms with van der Waals surface area (Å²) in [5.41, 5.74) is -2.94. The van der Waals surface area contributed by atoms with Crippen LogP contribution in [-0.4, -0.2) is 36.3 Å². The zero-order chi connectivity index (χ0) is 16.7. The summed E-state index contributed by atoms with van der Waals surface area (Å²) >= 11 is 0. The van der Waals surface area contributed by atoms with Gasteiger partial charge in [0.25, 0.3) is 0 Å². The molecule has 9 heteroatoms. The van der Waals surface area contributed by atoms with Gasteiger partial charge >= 0.3 is 31.2 Å². The lowest BCUT2D eigenvalue weighted by molar-refractivity contribution is -0.176. The number of rotatable bonds is 3. The van der Waals surface area contributed by atoms with Gasteiger partial charge in [-0.3, -0.25) is 19.2 Å². The van der Waals surface area contributed by atoms with E-state index in [0.29, 0.717) is 25.7 Å². The molecule has 124 valence electrons. The van der Waals surface area contributed by atoms with Crippen LogP contribution < -0.4 is 0 Å². The van der Waals surface area contributed by atoms with Gasteiger partial charge in [0.2, 0.25) is 0 Å². The normalized spacial score (nSPS) is 25.1. The first-order valence-corrected chi connectivity index (χ1v) is 7.77. The van der Waals surface area contributed by atoms with Crippen LogP contribution in [0, 0.1) is 10.8 Å². The number of carbonyl (C=O) groups excluding carboxylic acids is 3. The molecule has 0 bridgehead atoms. The van der Waals surface area contributed by atoms with Gasteiger partial charge in [-0.15, -0.1) is 0 Å². The Balaban J connectivity index is 1.70. The molecule has 23 heavy (non-hydrogen) atoms. The summed E-state index contributed by atoms with van der Waals surface area (Å²) in [4.78, 5) is 47.9. The summed E-state index contributed by atoms with van der Waals surface area (Å²) in [5, 5.41) is 9.32. The maximum Gasteiger partial charge on any atom is 0.870 e. The van der Waals surface area contributed by atoms with Crippen LogP contribution in [0.1, 0.15) is 51.4 Å². The molecule has 1 aliphatic heterocycles. The van der Waals surface area contributed by atoms with E-state index in [2.05, 4.69) is 0 Å². The van der Waals surface area contributed by atoms with Crippen LogP contribution in [0.15, 0.2) is 0 Å². The Bertz CT molecular complexity index is 539. The van der Waals surface area contributed by atoms with E-state index >= 15 is 0 Å². The molecule has 0 radical (unpaired) electrons. The van der Waals surface area contributed by atoms with E-state index in [0.717, 1.165) is 12.8 Å². The van der Waals surface area contributed by atoms with Gasteiger partial charge in [0.05, 0.1) is 0 Å². The molecule has 0 amide bonds. The van der Waals surface area contributed by atoms with Crippen molar-refractivity contribution in [2.24, 2.45) is 10.8 Å². The quantitative estimate of drug-likeness (QED) is 0.599. The minimum atomic E-state index is -1.80. The number of carboxylic acid groups (broad SMARTS) is 1. The zero-order valence-electron chi connectivity index (χ0n) is 12.5. The summed E-state index contributed by atoms with van der Waals surface area (Å²) in [6, 6.07) is 0. The van der Waals surface area contributed by atoms with E-state index < -0.39 is 42.0 Å². The molecule has 3 fully saturated rings. The molecule has 0 aromatic heterocycles. The maximum atomic E-state index is 12.2. The van der Waals surface area contributed by atoms with Crippen molar-refractivity contribution in [3.63, 3.8) is 0 Å². The predicted octanol–water partition coefficient (Wildman–Crippen LogP) is 0.820. The molecule has 1 heterocycles. The summed E-state index contributed by atoms with van der Waals surface area (Å²) in [6.45, 7) is 0. The highest BCUT2D eigenvalue weighted by Gasteiger charge is 2.60. The van der Waals surface area contributed by atoms with E-state index in [1.54, 1.807) is 0 Å². The van der Waals surface area contributed by atoms with Gasteiger partial charge in [-0.1, -0.05) is 25.7 Å². The number of hydrogen-bond acceptors (Lipinski definition) is 7. The monoisotopic (exact) mass is 324 g/mol. The number of hydrogen-bond donors (Lipinski definition) is 1. The van der Waals surface area contributed by atoms with Crippen molar-refractivity contribution in [3.8, 4) is 0 Å². The summed E-state index contributed by atoms with van der Waals surface area (Å²) < 4.78 is 14.7.